The van der Waals surface area contributed by atoms with Gasteiger partial charge >= 0.3 is 0 Å². The number of nitrogens with one attached hydrogen (secondary N) is 2. The van der Waals surface area contributed by atoms with Crippen LogP contribution in [0.4, 0.5) is 5.69 Å². The van der Waals surface area contributed by atoms with E-state index in [1.807, 2.05) is 0 Å². The lowest BCUT2D eigenvalue weighted by atomic mass is 10.1. The van der Waals surface area contributed by atoms with Gasteiger partial charge in [0, 0.05) is 11.9 Å². The molecule has 1 aromatic rings. The van der Waals surface area contributed by atoms with Gasteiger partial charge in [-0.1, -0.05) is 11.6 Å². The quantitative estimate of drug-likeness (QED) is 0.550. The molecule has 1 rings (SSSR count). The molecule has 0 aliphatic carbocycles. The number of aliphatic hydroxyl groups excluding tert-OH is 1. The first-order valence-corrected chi connectivity index (χ1v) is 6.84. The fraction of sp³-hybridized carbons (Fsp3) is 0.333. The first-order valence-electron chi connectivity index (χ1n) is 6.46. The molecule has 7 heteroatoms. The predicted octanol–water partition coefficient (Wildman–Crippen LogP) is 2.06. The summed E-state index contributed by atoms with van der Waals surface area (Å²) >= 11 is 5.97. The monoisotopic (exact) mass is 323 g/mol. The molecule has 0 aliphatic heterocycles. The Morgan fingerprint density at radius 3 is 2.73 bits per heavy atom. The largest absolute Gasteiger partial charge is 0.495 e. The number of nitriles is 1. The fourth-order valence-electron chi connectivity index (χ4n) is 1.40. The van der Waals surface area contributed by atoms with Gasteiger partial charge in [0.05, 0.1) is 24.3 Å². The summed E-state index contributed by atoms with van der Waals surface area (Å²) in [6.07, 6.45) is 1.27. The summed E-state index contributed by atoms with van der Waals surface area (Å²) in [5.41, 5.74) is -0.307. The van der Waals surface area contributed by atoms with E-state index in [-0.39, 0.29) is 12.2 Å². The number of anilines is 1. The van der Waals surface area contributed by atoms with E-state index in [4.69, 9.17) is 26.7 Å². The highest BCUT2D eigenvalue weighted by Crippen LogP contribution is 2.27. The number of nitrogens with zero attached hydrogens (tertiary/aromatic N) is 1. The van der Waals surface area contributed by atoms with Crippen LogP contribution in [0.25, 0.3) is 0 Å². The topological polar surface area (TPSA) is 94.4 Å². The zero-order valence-corrected chi connectivity index (χ0v) is 13.4. The molecule has 3 N–H and O–H groups in total. The molecule has 0 radical (unpaired) electrons. The smallest absolute Gasteiger partial charge is 0.267 e. The third kappa shape index (κ3) is 4.95. The highest BCUT2D eigenvalue weighted by molar-refractivity contribution is 6.32. The molecule has 118 valence electrons. The normalized spacial score (nSPS) is 11.5. The van der Waals surface area contributed by atoms with E-state index in [1.54, 1.807) is 32.0 Å². The summed E-state index contributed by atoms with van der Waals surface area (Å²) in [6, 6.07) is 6.56. The second-order valence-electron chi connectivity index (χ2n) is 5.16. The van der Waals surface area contributed by atoms with Crippen LogP contribution in [0, 0.1) is 11.3 Å². The Balaban J connectivity index is 2.84. The number of rotatable bonds is 6. The number of hydrogen-bond acceptors (Lipinski definition) is 5. The van der Waals surface area contributed by atoms with Crippen LogP contribution in [-0.4, -0.2) is 30.3 Å². The molecule has 0 heterocycles. The molecule has 0 fully saturated rings. The maximum atomic E-state index is 12.0. The van der Waals surface area contributed by atoms with Crippen LogP contribution < -0.4 is 15.4 Å². The summed E-state index contributed by atoms with van der Waals surface area (Å²) in [6.45, 7) is 3.33. The van der Waals surface area contributed by atoms with E-state index in [2.05, 4.69) is 10.6 Å². The van der Waals surface area contributed by atoms with Gasteiger partial charge in [0.15, 0.2) is 0 Å². The van der Waals surface area contributed by atoms with Gasteiger partial charge in [-0.15, -0.1) is 0 Å². The lowest BCUT2D eigenvalue weighted by Gasteiger charge is -2.22. The molecule has 0 bridgehead atoms. The molecule has 1 amide bonds. The van der Waals surface area contributed by atoms with E-state index >= 15 is 0 Å². The number of carbonyl (C=O) groups is 1. The Kier molecular flexibility index (Phi) is 6.23. The number of benzene rings is 1. The van der Waals surface area contributed by atoms with E-state index in [9.17, 15) is 4.79 Å². The van der Waals surface area contributed by atoms with Gasteiger partial charge in [0.2, 0.25) is 0 Å². The van der Waals surface area contributed by atoms with E-state index in [1.165, 1.54) is 19.4 Å². The van der Waals surface area contributed by atoms with Crippen molar-refractivity contribution >= 4 is 23.2 Å². The summed E-state index contributed by atoms with van der Waals surface area (Å²) in [4.78, 5) is 12.0. The first-order chi connectivity index (χ1) is 10.3. The number of halogens is 1. The molecule has 1 aromatic carbocycles. The summed E-state index contributed by atoms with van der Waals surface area (Å²) < 4.78 is 5.02. The Bertz CT molecular complexity index is 621. The van der Waals surface area contributed by atoms with E-state index in [0.717, 1.165) is 0 Å². The van der Waals surface area contributed by atoms with Crippen molar-refractivity contribution in [2.75, 3.05) is 19.0 Å². The fourth-order valence-corrected chi connectivity index (χ4v) is 1.66. The van der Waals surface area contributed by atoms with Gasteiger partial charge in [-0.25, -0.2) is 0 Å². The van der Waals surface area contributed by atoms with Crippen molar-refractivity contribution in [3.8, 4) is 11.8 Å². The maximum absolute atomic E-state index is 12.0. The van der Waals surface area contributed by atoms with Crippen molar-refractivity contribution in [1.82, 2.24) is 5.32 Å². The van der Waals surface area contributed by atoms with Crippen molar-refractivity contribution in [2.24, 2.45) is 0 Å². The summed E-state index contributed by atoms with van der Waals surface area (Å²) in [7, 11) is 1.49. The molecule has 0 aliphatic rings. The minimum absolute atomic E-state index is 0.117. The average Bonchev–Trinajstić information content (AvgIpc) is 2.48. The third-order valence-corrected chi connectivity index (χ3v) is 3.07. The van der Waals surface area contributed by atoms with Gasteiger partial charge in [-0.2, -0.15) is 5.26 Å². The van der Waals surface area contributed by atoms with Crippen molar-refractivity contribution in [3.63, 3.8) is 0 Å². The van der Waals surface area contributed by atoms with Crippen LogP contribution in [0.3, 0.4) is 0 Å². The molecule has 0 saturated carbocycles. The van der Waals surface area contributed by atoms with Gasteiger partial charge < -0.3 is 20.5 Å². The summed E-state index contributed by atoms with van der Waals surface area (Å²) in [5.74, 6) is -0.0907. The maximum Gasteiger partial charge on any atom is 0.267 e. The van der Waals surface area contributed by atoms with Crippen molar-refractivity contribution < 1.29 is 14.6 Å². The standard InChI is InChI=1S/C15H18ClN3O3/c1-15(2,9-20)18-8-10(7-17)14(21)19-11-4-5-13(22-3)12(16)6-11/h4-6,8,18,20H,9H2,1-3H3,(H,19,21)/b10-8-. The SMILES string of the molecule is COc1ccc(NC(=O)/C(C#N)=C\NC(C)(C)CO)cc1Cl. The Labute approximate surface area is 134 Å². The number of carbonyl (C=O) groups excluding carboxylic acids is 1. The highest BCUT2D eigenvalue weighted by Gasteiger charge is 2.16. The molecule has 0 spiro atoms. The van der Waals surface area contributed by atoms with Crippen LogP contribution in [-0.2, 0) is 4.79 Å². The number of amides is 1. The number of hydrogen-bond donors (Lipinski definition) is 3. The summed E-state index contributed by atoms with van der Waals surface area (Å²) in [5, 5.41) is 23.9. The lowest BCUT2D eigenvalue weighted by Crippen LogP contribution is -2.39. The Morgan fingerprint density at radius 1 is 1.55 bits per heavy atom. The molecule has 6 nitrogen and oxygen atoms in total. The first kappa shape index (κ1) is 17.8. The van der Waals surface area contributed by atoms with Crippen LogP contribution in [0.5, 0.6) is 5.75 Å². The Hall–Kier alpha value is -2.23. The molecule has 0 aromatic heterocycles. The van der Waals surface area contributed by atoms with Crippen LogP contribution in [0.2, 0.25) is 5.02 Å². The molecule has 0 saturated heterocycles. The third-order valence-electron chi connectivity index (χ3n) is 2.78. The minimum Gasteiger partial charge on any atom is -0.495 e. The average molecular weight is 324 g/mol. The molecule has 22 heavy (non-hydrogen) atoms. The molecule has 0 atom stereocenters. The number of methoxy groups -OCH3 is 1. The van der Waals surface area contributed by atoms with Crippen molar-refractivity contribution in [1.29, 1.82) is 5.26 Å². The van der Waals surface area contributed by atoms with Crippen LogP contribution >= 0.6 is 11.6 Å². The van der Waals surface area contributed by atoms with Gasteiger partial charge in [-0.3, -0.25) is 4.79 Å². The molecule has 0 unspecified atom stereocenters. The Morgan fingerprint density at radius 2 is 2.23 bits per heavy atom. The van der Waals surface area contributed by atoms with Gasteiger partial charge in [0.1, 0.15) is 17.4 Å². The minimum atomic E-state index is -0.633. The zero-order valence-electron chi connectivity index (χ0n) is 12.6. The lowest BCUT2D eigenvalue weighted by molar-refractivity contribution is -0.112. The second-order valence-corrected chi connectivity index (χ2v) is 5.57. The van der Waals surface area contributed by atoms with Crippen LogP contribution in [0.1, 0.15) is 13.8 Å². The number of ether oxygens (including phenoxy) is 1. The predicted molar refractivity (Wildman–Crippen MR) is 84.6 cm³/mol. The molecular formula is C15H18ClN3O3. The second kappa shape index (κ2) is 7.69. The van der Waals surface area contributed by atoms with Crippen molar-refractivity contribution in [2.45, 2.75) is 19.4 Å². The number of aliphatic hydroxyl groups is 1. The van der Waals surface area contributed by atoms with Gasteiger partial charge in [-0.05, 0) is 32.0 Å². The zero-order chi connectivity index (χ0) is 16.8. The van der Waals surface area contributed by atoms with E-state index < -0.39 is 11.4 Å². The molecular weight excluding hydrogens is 306 g/mol. The highest BCUT2D eigenvalue weighted by atomic mass is 35.5. The van der Waals surface area contributed by atoms with Gasteiger partial charge in [0.25, 0.3) is 5.91 Å². The van der Waals surface area contributed by atoms with Crippen molar-refractivity contribution in [3.05, 3.63) is 35.0 Å². The van der Waals surface area contributed by atoms with E-state index in [0.29, 0.717) is 16.5 Å². The van der Waals surface area contributed by atoms with Crippen LogP contribution in [0.15, 0.2) is 30.0 Å².